The average molecular weight is 285 g/mol. The van der Waals surface area contributed by atoms with E-state index in [2.05, 4.69) is 4.90 Å². The van der Waals surface area contributed by atoms with Gasteiger partial charge in [-0.25, -0.2) is 4.79 Å². The molecule has 0 aliphatic carbocycles. The molecule has 1 aliphatic rings. The van der Waals surface area contributed by atoms with Gasteiger partial charge in [-0.05, 0) is 32.4 Å². The number of nitrogens with two attached hydrogens (primary N) is 1. The van der Waals surface area contributed by atoms with E-state index in [4.69, 9.17) is 5.73 Å². The lowest BCUT2D eigenvalue weighted by Gasteiger charge is -2.38. The third-order valence-electron chi connectivity index (χ3n) is 3.91. The third kappa shape index (κ3) is 4.48. The van der Waals surface area contributed by atoms with Crippen molar-refractivity contribution in [1.82, 2.24) is 10.2 Å². The summed E-state index contributed by atoms with van der Waals surface area (Å²) in [4.78, 5) is 35.3. The first-order chi connectivity index (χ1) is 9.39. The summed E-state index contributed by atoms with van der Waals surface area (Å²) in [5, 5.41) is 11.4. The molecule has 1 heterocycles. The van der Waals surface area contributed by atoms with Gasteiger partial charge in [0.05, 0.1) is 5.41 Å². The van der Waals surface area contributed by atoms with Crippen LogP contribution in [0.2, 0.25) is 0 Å². The first kappa shape index (κ1) is 16.4. The molecule has 0 atom stereocenters. The lowest BCUT2D eigenvalue weighted by Crippen LogP contribution is -2.45. The van der Waals surface area contributed by atoms with Gasteiger partial charge in [-0.2, -0.15) is 0 Å². The largest absolute Gasteiger partial charge is 0.481 e. The number of primary amides is 1. The average Bonchev–Trinajstić information content (AvgIpc) is 2.37. The van der Waals surface area contributed by atoms with Gasteiger partial charge in [0.15, 0.2) is 0 Å². The van der Waals surface area contributed by atoms with Crippen molar-refractivity contribution in [1.29, 1.82) is 0 Å². The highest BCUT2D eigenvalue weighted by molar-refractivity contribution is 5.93. The smallest absolute Gasteiger partial charge is 0.318 e. The van der Waals surface area contributed by atoms with E-state index >= 15 is 0 Å². The van der Waals surface area contributed by atoms with Gasteiger partial charge in [-0.3, -0.25) is 14.9 Å². The SMILES string of the molecule is CCCC1(C(=O)O)CCN(CCC(=O)NC(N)=O)CC1. The molecule has 0 aromatic carbocycles. The van der Waals surface area contributed by atoms with Gasteiger partial charge in [-0.15, -0.1) is 0 Å². The van der Waals surface area contributed by atoms with Crippen LogP contribution in [0.5, 0.6) is 0 Å². The number of carboxylic acid groups (broad SMARTS) is 1. The van der Waals surface area contributed by atoms with Crippen LogP contribution in [0.25, 0.3) is 0 Å². The second-order valence-electron chi connectivity index (χ2n) is 5.34. The van der Waals surface area contributed by atoms with E-state index in [1.807, 2.05) is 12.2 Å². The molecular formula is C13H23N3O4. The molecule has 0 saturated carbocycles. The number of aliphatic carboxylic acids is 1. The zero-order chi connectivity index (χ0) is 15.2. The molecule has 1 rings (SSSR count). The molecule has 7 nitrogen and oxygen atoms in total. The van der Waals surface area contributed by atoms with Crippen LogP contribution in [-0.4, -0.2) is 47.5 Å². The van der Waals surface area contributed by atoms with E-state index in [0.717, 1.165) is 6.42 Å². The highest BCUT2D eigenvalue weighted by Gasteiger charge is 2.40. The van der Waals surface area contributed by atoms with E-state index in [0.29, 0.717) is 38.9 Å². The minimum Gasteiger partial charge on any atom is -0.481 e. The summed E-state index contributed by atoms with van der Waals surface area (Å²) >= 11 is 0. The summed E-state index contributed by atoms with van der Waals surface area (Å²) in [6, 6.07) is -0.846. The van der Waals surface area contributed by atoms with E-state index in [1.54, 1.807) is 0 Å². The minimum atomic E-state index is -0.846. The van der Waals surface area contributed by atoms with Crippen LogP contribution in [0.4, 0.5) is 4.79 Å². The first-order valence-corrected chi connectivity index (χ1v) is 6.94. The van der Waals surface area contributed by atoms with Crippen molar-refractivity contribution in [3.8, 4) is 0 Å². The molecule has 1 saturated heterocycles. The molecule has 0 bridgehead atoms. The van der Waals surface area contributed by atoms with E-state index < -0.39 is 23.3 Å². The Morgan fingerprint density at radius 2 is 1.90 bits per heavy atom. The van der Waals surface area contributed by atoms with E-state index in [9.17, 15) is 19.5 Å². The number of imide groups is 1. The number of nitrogens with one attached hydrogen (secondary N) is 1. The number of carbonyl (C=O) groups is 3. The fraction of sp³-hybridized carbons (Fsp3) is 0.769. The standard InChI is InChI=1S/C13H23N3O4/c1-2-4-13(11(18)19)5-8-16(9-6-13)7-3-10(17)15-12(14)20/h2-9H2,1H3,(H,18,19)(H3,14,15,17,20). The maximum absolute atomic E-state index is 11.4. The van der Waals surface area contributed by atoms with Crippen molar-refractivity contribution in [3.05, 3.63) is 0 Å². The van der Waals surface area contributed by atoms with Crippen LogP contribution in [0.1, 0.15) is 39.0 Å². The number of rotatable bonds is 6. The number of hydrogen-bond acceptors (Lipinski definition) is 4. The molecule has 0 aromatic rings. The summed E-state index contributed by atoms with van der Waals surface area (Å²) in [7, 11) is 0. The number of nitrogens with zero attached hydrogens (tertiary/aromatic N) is 1. The second-order valence-corrected chi connectivity index (χ2v) is 5.34. The molecule has 1 aliphatic heterocycles. The summed E-state index contributed by atoms with van der Waals surface area (Å²) in [6.07, 6.45) is 2.95. The molecule has 0 spiro atoms. The number of carbonyl (C=O) groups excluding carboxylic acids is 2. The van der Waals surface area contributed by atoms with Crippen molar-refractivity contribution in [3.63, 3.8) is 0 Å². The van der Waals surface area contributed by atoms with Gasteiger partial charge in [-0.1, -0.05) is 13.3 Å². The Morgan fingerprint density at radius 1 is 1.30 bits per heavy atom. The molecule has 20 heavy (non-hydrogen) atoms. The minimum absolute atomic E-state index is 0.191. The number of likely N-dealkylation sites (tertiary alicyclic amines) is 1. The van der Waals surface area contributed by atoms with Gasteiger partial charge >= 0.3 is 12.0 Å². The molecule has 3 amide bonds. The maximum atomic E-state index is 11.4. The van der Waals surface area contributed by atoms with Gasteiger partial charge in [0.2, 0.25) is 5.91 Å². The maximum Gasteiger partial charge on any atom is 0.318 e. The zero-order valence-corrected chi connectivity index (χ0v) is 11.9. The Morgan fingerprint density at radius 3 is 2.35 bits per heavy atom. The van der Waals surface area contributed by atoms with Gasteiger partial charge in [0, 0.05) is 13.0 Å². The van der Waals surface area contributed by atoms with Crippen LogP contribution in [-0.2, 0) is 9.59 Å². The zero-order valence-electron chi connectivity index (χ0n) is 11.9. The van der Waals surface area contributed by atoms with Crippen LogP contribution in [0.3, 0.4) is 0 Å². The van der Waals surface area contributed by atoms with Gasteiger partial charge in [0.1, 0.15) is 0 Å². The van der Waals surface area contributed by atoms with E-state index in [1.165, 1.54) is 0 Å². The van der Waals surface area contributed by atoms with Crippen molar-refractivity contribution < 1.29 is 19.5 Å². The summed E-state index contributed by atoms with van der Waals surface area (Å²) in [5.74, 6) is -1.12. The van der Waals surface area contributed by atoms with Crippen molar-refractivity contribution in [2.24, 2.45) is 11.1 Å². The van der Waals surface area contributed by atoms with Crippen LogP contribution in [0, 0.1) is 5.41 Å². The fourth-order valence-corrected chi connectivity index (χ4v) is 2.71. The van der Waals surface area contributed by atoms with Crippen molar-refractivity contribution >= 4 is 17.9 Å². The Hall–Kier alpha value is -1.63. The van der Waals surface area contributed by atoms with Crippen LogP contribution in [0.15, 0.2) is 0 Å². The fourth-order valence-electron chi connectivity index (χ4n) is 2.71. The summed E-state index contributed by atoms with van der Waals surface area (Å²) < 4.78 is 0. The number of urea groups is 1. The molecule has 0 radical (unpaired) electrons. The van der Waals surface area contributed by atoms with E-state index in [-0.39, 0.29) is 6.42 Å². The number of carboxylic acids is 1. The Labute approximate surface area is 118 Å². The van der Waals surface area contributed by atoms with Crippen molar-refractivity contribution in [2.45, 2.75) is 39.0 Å². The summed E-state index contributed by atoms with van der Waals surface area (Å²) in [6.45, 7) is 3.83. The number of hydrogen-bond donors (Lipinski definition) is 3. The quantitative estimate of drug-likeness (QED) is 0.659. The predicted molar refractivity (Wildman–Crippen MR) is 73.0 cm³/mol. The lowest BCUT2D eigenvalue weighted by molar-refractivity contribution is -0.152. The highest BCUT2D eigenvalue weighted by Crippen LogP contribution is 2.36. The Kier molecular flexibility index (Phi) is 5.94. The van der Waals surface area contributed by atoms with Gasteiger partial charge < -0.3 is 15.7 Å². The Balaban J connectivity index is 2.40. The molecule has 4 N–H and O–H groups in total. The number of amides is 3. The predicted octanol–water partition coefficient (Wildman–Crippen LogP) is 0.538. The molecule has 0 aromatic heterocycles. The topological polar surface area (TPSA) is 113 Å². The molecular weight excluding hydrogens is 262 g/mol. The third-order valence-corrected chi connectivity index (χ3v) is 3.91. The first-order valence-electron chi connectivity index (χ1n) is 6.94. The monoisotopic (exact) mass is 285 g/mol. The Bertz CT molecular complexity index is 376. The summed E-state index contributed by atoms with van der Waals surface area (Å²) in [5.41, 5.74) is 4.24. The molecule has 0 unspecified atom stereocenters. The molecule has 1 fully saturated rings. The van der Waals surface area contributed by atoms with Crippen molar-refractivity contribution in [2.75, 3.05) is 19.6 Å². The highest BCUT2D eigenvalue weighted by atomic mass is 16.4. The normalized spacial score (nSPS) is 18.4. The molecule has 7 heteroatoms. The number of piperidine rings is 1. The van der Waals surface area contributed by atoms with Gasteiger partial charge in [0.25, 0.3) is 0 Å². The second kappa shape index (κ2) is 7.23. The van der Waals surface area contributed by atoms with Crippen LogP contribution >= 0.6 is 0 Å². The molecule has 114 valence electrons. The van der Waals surface area contributed by atoms with Crippen LogP contribution < -0.4 is 11.1 Å². The lowest BCUT2D eigenvalue weighted by atomic mass is 9.75.